The van der Waals surface area contributed by atoms with Crippen molar-refractivity contribution in [1.29, 1.82) is 0 Å². The lowest BCUT2D eigenvalue weighted by atomic mass is 10.1. The summed E-state index contributed by atoms with van der Waals surface area (Å²) >= 11 is 0. The molecule has 0 amide bonds. The summed E-state index contributed by atoms with van der Waals surface area (Å²) in [5.41, 5.74) is 0.0781. The van der Waals surface area contributed by atoms with Crippen LogP contribution in [0, 0.1) is 0 Å². The lowest BCUT2D eigenvalue weighted by Gasteiger charge is -2.19. The molecule has 6 heteroatoms. The van der Waals surface area contributed by atoms with Crippen LogP contribution in [0.15, 0.2) is 6.33 Å². The van der Waals surface area contributed by atoms with Crippen molar-refractivity contribution in [2.24, 2.45) is 0 Å². The van der Waals surface area contributed by atoms with Gasteiger partial charge in [0.15, 0.2) is 5.82 Å². The third-order valence-corrected chi connectivity index (χ3v) is 2.26. The van der Waals surface area contributed by atoms with Crippen LogP contribution >= 0.6 is 0 Å². The molecule has 0 aromatic carbocycles. The fraction of sp³-hybridized carbons (Fsp3) is 0.833. The molecule has 6 nitrogen and oxygen atoms in total. The molecular weight excluding hydrogens is 232 g/mol. The third kappa shape index (κ3) is 6.68. The molecular formula is C12H24N4O2. The Balaban J connectivity index is 2.22. The van der Waals surface area contributed by atoms with Gasteiger partial charge in [0.1, 0.15) is 6.33 Å². The first-order chi connectivity index (χ1) is 8.51. The standard InChI is InChI=1S/C12H24N4O2/c1-12(2,3)14-9-11-13-10-16(15-11)5-6-18-8-7-17-4/h10,14H,5-9H2,1-4H3. The summed E-state index contributed by atoms with van der Waals surface area (Å²) in [6.45, 7) is 9.61. The van der Waals surface area contributed by atoms with Crippen LogP contribution in [0.25, 0.3) is 0 Å². The van der Waals surface area contributed by atoms with E-state index in [-0.39, 0.29) is 5.54 Å². The molecule has 1 heterocycles. The van der Waals surface area contributed by atoms with Crippen LogP contribution in [0.5, 0.6) is 0 Å². The zero-order chi connectivity index (χ0) is 13.4. The van der Waals surface area contributed by atoms with E-state index in [9.17, 15) is 0 Å². The summed E-state index contributed by atoms with van der Waals surface area (Å²) < 4.78 is 12.1. The highest BCUT2D eigenvalue weighted by Gasteiger charge is 2.10. The van der Waals surface area contributed by atoms with Crippen molar-refractivity contribution < 1.29 is 9.47 Å². The Morgan fingerprint density at radius 3 is 2.72 bits per heavy atom. The second-order valence-corrected chi connectivity index (χ2v) is 5.13. The van der Waals surface area contributed by atoms with Gasteiger partial charge in [-0.2, -0.15) is 5.10 Å². The van der Waals surface area contributed by atoms with E-state index in [2.05, 4.69) is 36.2 Å². The number of methoxy groups -OCH3 is 1. The molecule has 0 aliphatic rings. The molecule has 1 rings (SSSR count). The van der Waals surface area contributed by atoms with E-state index in [0.29, 0.717) is 32.9 Å². The maximum Gasteiger partial charge on any atom is 0.164 e. The first kappa shape index (κ1) is 15.1. The van der Waals surface area contributed by atoms with E-state index < -0.39 is 0 Å². The van der Waals surface area contributed by atoms with Crippen molar-refractivity contribution in [3.63, 3.8) is 0 Å². The van der Waals surface area contributed by atoms with Crippen LogP contribution in [0.2, 0.25) is 0 Å². The number of hydrogen-bond donors (Lipinski definition) is 1. The summed E-state index contributed by atoms with van der Waals surface area (Å²) in [7, 11) is 1.66. The lowest BCUT2D eigenvalue weighted by molar-refractivity contribution is 0.0653. The van der Waals surface area contributed by atoms with Crippen molar-refractivity contribution >= 4 is 0 Å². The number of hydrogen-bond acceptors (Lipinski definition) is 5. The Morgan fingerprint density at radius 1 is 1.28 bits per heavy atom. The summed E-state index contributed by atoms with van der Waals surface area (Å²) in [5, 5.41) is 7.71. The molecule has 0 aliphatic carbocycles. The Morgan fingerprint density at radius 2 is 2.06 bits per heavy atom. The van der Waals surface area contributed by atoms with Gasteiger partial charge in [-0.3, -0.25) is 4.68 Å². The van der Waals surface area contributed by atoms with E-state index >= 15 is 0 Å². The minimum absolute atomic E-state index is 0.0781. The van der Waals surface area contributed by atoms with Crippen LogP contribution in [-0.4, -0.2) is 47.2 Å². The largest absolute Gasteiger partial charge is 0.382 e. The van der Waals surface area contributed by atoms with Crippen molar-refractivity contribution in [3.8, 4) is 0 Å². The number of aromatic nitrogens is 3. The van der Waals surface area contributed by atoms with Gasteiger partial charge in [-0.15, -0.1) is 0 Å². The maximum atomic E-state index is 5.37. The fourth-order valence-corrected chi connectivity index (χ4v) is 1.27. The van der Waals surface area contributed by atoms with Crippen molar-refractivity contribution in [1.82, 2.24) is 20.1 Å². The maximum absolute atomic E-state index is 5.37. The van der Waals surface area contributed by atoms with Crippen LogP contribution in [0.4, 0.5) is 0 Å². The van der Waals surface area contributed by atoms with E-state index in [1.807, 2.05) is 0 Å². The van der Waals surface area contributed by atoms with Crippen LogP contribution < -0.4 is 5.32 Å². The topological polar surface area (TPSA) is 61.2 Å². The lowest BCUT2D eigenvalue weighted by Crippen LogP contribution is -2.35. The van der Waals surface area contributed by atoms with Gasteiger partial charge in [0, 0.05) is 12.6 Å². The second kappa shape index (κ2) is 7.45. The van der Waals surface area contributed by atoms with Gasteiger partial charge in [0.25, 0.3) is 0 Å². The van der Waals surface area contributed by atoms with Crippen LogP contribution in [0.1, 0.15) is 26.6 Å². The first-order valence-corrected chi connectivity index (χ1v) is 6.21. The van der Waals surface area contributed by atoms with Crippen LogP contribution in [-0.2, 0) is 22.6 Å². The molecule has 18 heavy (non-hydrogen) atoms. The molecule has 1 aromatic rings. The number of rotatable bonds is 8. The highest BCUT2D eigenvalue weighted by Crippen LogP contribution is 2.00. The molecule has 0 saturated heterocycles. The third-order valence-electron chi connectivity index (χ3n) is 2.26. The summed E-state index contributed by atoms with van der Waals surface area (Å²) in [6.07, 6.45) is 1.74. The minimum atomic E-state index is 0.0781. The Hall–Kier alpha value is -0.980. The van der Waals surface area contributed by atoms with Gasteiger partial charge in [0.05, 0.1) is 32.9 Å². The van der Waals surface area contributed by atoms with Gasteiger partial charge in [-0.25, -0.2) is 4.98 Å². The number of nitrogens with zero attached hydrogens (tertiary/aromatic N) is 3. The molecule has 0 bridgehead atoms. The van der Waals surface area contributed by atoms with Gasteiger partial charge in [-0.05, 0) is 20.8 Å². The van der Waals surface area contributed by atoms with E-state index in [1.54, 1.807) is 18.1 Å². The molecule has 0 unspecified atom stereocenters. The summed E-state index contributed by atoms with van der Waals surface area (Å²) in [4.78, 5) is 4.24. The molecule has 0 aliphatic heterocycles. The SMILES string of the molecule is COCCOCCn1cnc(CNC(C)(C)C)n1. The average molecular weight is 256 g/mol. The number of ether oxygens (including phenoxy) is 2. The fourth-order valence-electron chi connectivity index (χ4n) is 1.27. The van der Waals surface area contributed by atoms with Crippen molar-refractivity contribution in [2.45, 2.75) is 39.4 Å². The van der Waals surface area contributed by atoms with E-state index in [0.717, 1.165) is 5.82 Å². The monoisotopic (exact) mass is 256 g/mol. The second-order valence-electron chi connectivity index (χ2n) is 5.13. The van der Waals surface area contributed by atoms with Gasteiger partial charge in [-0.1, -0.05) is 0 Å². The average Bonchev–Trinajstić information content (AvgIpc) is 2.73. The van der Waals surface area contributed by atoms with E-state index in [1.165, 1.54) is 0 Å². The van der Waals surface area contributed by atoms with Gasteiger partial charge >= 0.3 is 0 Å². The van der Waals surface area contributed by atoms with Gasteiger partial charge < -0.3 is 14.8 Å². The Bertz CT molecular complexity index is 333. The van der Waals surface area contributed by atoms with Gasteiger partial charge in [0.2, 0.25) is 0 Å². The molecule has 0 atom stereocenters. The predicted molar refractivity (Wildman–Crippen MR) is 69.3 cm³/mol. The van der Waals surface area contributed by atoms with Crippen molar-refractivity contribution in [3.05, 3.63) is 12.2 Å². The molecule has 0 fully saturated rings. The van der Waals surface area contributed by atoms with E-state index in [4.69, 9.17) is 9.47 Å². The quantitative estimate of drug-likeness (QED) is 0.698. The molecule has 104 valence electrons. The Kier molecular flexibility index (Phi) is 6.24. The zero-order valence-electron chi connectivity index (χ0n) is 11.8. The van der Waals surface area contributed by atoms with Crippen LogP contribution in [0.3, 0.4) is 0 Å². The molecule has 1 aromatic heterocycles. The Labute approximate surface area is 109 Å². The normalized spacial score (nSPS) is 12.0. The zero-order valence-corrected chi connectivity index (χ0v) is 11.8. The minimum Gasteiger partial charge on any atom is -0.382 e. The molecule has 0 radical (unpaired) electrons. The highest BCUT2D eigenvalue weighted by atomic mass is 16.5. The highest BCUT2D eigenvalue weighted by molar-refractivity contribution is 4.83. The summed E-state index contributed by atoms with van der Waals surface area (Å²) in [6, 6.07) is 0. The number of nitrogens with one attached hydrogen (secondary N) is 1. The molecule has 1 N–H and O–H groups in total. The molecule has 0 spiro atoms. The predicted octanol–water partition coefficient (Wildman–Crippen LogP) is 0.829. The first-order valence-electron chi connectivity index (χ1n) is 6.21. The molecule has 0 saturated carbocycles. The summed E-state index contributed by atoms with van der Waals surface area (Å²) in [5.74, 6) is 0.807. The smallest absolute Gasteiger partial charge is 0.164 e. The van der Waals surface area contributed by atoms with Crippen molar-refractivity contribution in [2.75, 3.05) is 26.9 Å².